The molecular formula is C14H16N2S. The molecule has 3 heteroatoms. The van der Waals surface area contributed by atoms with E-state index in [1.54, 1.807) is 11.3 Å². The lowest BCUT2D eigenvalue weighted by molar-refractivity contribution is 0.374. The van der Waals surface area contributed by atoms with Crippen molar-refractivity contribution in [1.29, 1.82) is 0 Å². The van der Waals surface area contributed by atoms with Gasteiger partial charge in [-0.2, -0.15) is 0 Å². The highest BCUT2D eigenvalue weighted by atomic mass is 32.1. The first-order valence-electron chi connectivity index (χ1n) is 5.98. The van der Waals surface area contributed by atoms with Crippen LogP contribution < -0.4 is 11.1 Å². The maximum atomic E-state index is 5.82. The van der Waals surface area contributed by atoms with E-state index >= 15 is 0 Å². The van der Waals surface area contributed by atoms with Gasteiger partial charge in [-0.1, -0.05) is 24.3 Å². The smallest absolute Gasteiger partial charge is 0.0430 e. The van der Waals surface area contributed by atoms with Crippen molar-refractivity contribution in [2.45, 2.75) is 24.9 Å². The predicted octanol–water partition coefficient (Wildman–Crippen LogP) is 3.32. The third kappa shape index (κ3) is 2.21. The Balaban J connectivity index is 1.84. The van der Waals surface area contributed by atoms with Gasteiger partial charge in [0.1, 0.15) is 0 Å². The Bertz CT molecular complexity index is 487. The summed E-state index contributed by atoms with van der Waals surface area (Å²) < 4.78 is 0. The molecule has 0 spiro atoms. The van der Waals surface area contributed by atoms with E-state index in [1.165, 1.54) is 16.1 Å². The second-order valence-electron chi connectivity index (χ2n) is 4.60. The van der Waals surface area contributed by atoms with Crippen LogP contribution in [0.2, 0.25) is 0 Å². The van der Waals surface area contributed by atoms with Crippen LogP contribution in [-0.4, -0.2) is 12.1 Å². The van der Waals surface area contributed by atoms with Gasteiger partial charge in [-0.05, 0) is 30.4 Å². The number of anilines is 1. The third-order valence-electron chi connectivity index (χ3n) is 3.25. The molecule has 0 atom stereocenters. The zero-order valence-corrected chi connectivity index (χ0v) is 10.4. The molecule has 88 valence electrons. The van der Waals surface area contributed by atoms with Gasteiger partial charge in [0.15, 0.2) is 0 Å². The maximum Gasteiger partial charge on any atom is 0.0430 e. The molecule has 1 aliphatic rings. The summed E-state index contributed by atoms with van der Waals surface area (Å²) in [6.07, 6.45) is 2.16. The molecule has 1 fully saturated rings. The second-order valence-corrected chi connectivity index (χ2v) is 5.54. The molecule has 3 rings (SSSR count). The number of thiophene rings is 1. The molecule has 0 bridgehead atoms. The molecule has 1 aliphatic carbocycles. The molecule has 2 aromatic rings. The molecule has 0 radical (unpaired) electrons. The summed E-state index contributed by atoms with van der Waals surface area (Å²) in [5.41, 5.74) is 8.34. The average Bonchev–Trinajstić information content (AvgIpc) is 2.81. The van der Waals surface area contributed by atoms with E-state index in [9.17, 15) is 0 Å². The van der Waals surface area contributed by atoms with Crippen molar-refractivity contribution in [3.05, 3.63) is 41.8 Å². The molecule has 0 aliphatic heterocycles. The van der Waals surface area contributed by atoms with Crippen LogP contribution in [0.25, 0.3) is 10.4 Å². The van der Waals surface area contributed by atoms with Crippen LogP contribution in [-0.2, 0) is 0 Å². The van der Waals surface area contributed by atoms with E-state index in [1.807, 2.05) is 0 Å². The molecule has 17 heavy (non-hydrogen) atoms. The molecule has 0 amide bonds. The topological polar surface area (TPSA) is 38.0 Å². The maximum absolute atomic E-state index is 5.82. The number of benzene rings is 1. The highest BCUT2D eigenvalue weighted by molar-refractivity contribution is 7.13. The van der Waals surface area contributed by atoms with Crippen LogP contribution in [0.4, 0.5) is 5.69 Å². The highest BCUT2D eigenvalue weighted by Crippen LogP contribution is 2.33. The van der Waals surface area contributed by atoms with Crippen LogP contribution in [0, 0.1) is 0 Å². The van der Waals surface area contributed by atoms with E-state index in [-0.39, 0.29) is 0 Å². The lowest BCUT2D eigenvalue weighted by Crippen LogP contribution is -2.44. The normalized spacial score (nSPS) is 23.1. The summed E-state index contributed by atoms with van der Waals surface area (Å²) in [7, 11) is 0. The van der Waals surface area contributed by atoms with Gasteiger partial charge in [-0.15, -0.1) is 11.3 Å². The third-order valence-corrected chi connectivity index (χ3v) is 4.15. The lowest BCUT2D eigenvalue weighted by Gasteiger charge is -2.34. The average molecular weight is 244 g/mol. The van der Waals surface area contributed by atoms with Crippen molar-refractivity contribution < 1.29 is 0 Å². The van der Waals surface area contributed by atoms with E-state index in [4.69, 9.17) is 5.73 Å². The fourth-order valence-electron chi connectivity index (χ4n) is 2.26. The highest BCUT2D eigenvalue weighted by Gasteiger charge is 2.26. The molecule has 1 saturated carbocycles. The van der Waals surface area contributed by atoms with E-state index in [2.05, 4.69) is 47.1 Å². The number of nitrogens with two attached hydrogens (primary N) is 1. The largest absolute Gasteiger partial charge is 0.382 e. The Labute approximate surface area is 105 Å². The minimum Gasteiger partial charge on any atom is -0.382 e. The molecule has 0 saturated heterocycles. The van der Waals surface area contributed by atoms with Gasteiger partial charge in [-0.3, -0.25) is 0 Å². The van der Waals surface area contributed by atoms with Crippen LogP contribution in [0.3, 0.4) is 0 Å². The Kier molecular flexibility index (Phi) is 2.87. The zero-order chi connectivity index (χ0) is 11.7. The van der Waals surface area contributed by atoms with Crippen molar-refractivity contribution in [2.75, 3.05) is 5.32 Å². The molecule has 1 aromatic carbocycles. The Morgan fingerprint density at radius 2 is 1.94 bits per heavy atom. The van der Waals surface area contributed by atoms with Gasteiger partial charge < -0.3 is 11.1 Å². The first kappa shape index (κ1) is 10.8. The van der Waals surface area contributed by atoms with Gasteiger partial charge >= 0.3 is 0 Å². The molecule has 2 nitrogen and oxygen atoms in total. The van der Waals surface area contributed by atoms with Crippen LogP contribution in [0.1, 0.15) is 12.8 Å². The minimum absolute atomic E-state index is 0.390. The summed E-state index contributed by atoms with van der Waals surface area (Å²) in [4.78, 5) is 1.32. The van der Waals surface area contributed by atoms with Crippen molar-refractivity contribution in [1.82, 2.24) is 0 Å². The van der Waals surface area contributed by atoms with Crippen LogP contribution in [0.5, 0.6) is 0 Å². The van der Waals surface area contributed by atoms with Crippen LogP contribution >= 0.6 is 11.3 Å². The first-order valence-corrected chi connectivity index (χ1v) is 6.86. The quantitative estimate of drug-likeness (QED) is 0.869. The Hall–Kier alpha value is -1.32. The Morgan fingerprint density at radius 3 is 2.65 bits per heavy atom. The molecule has 3 N–H and O–H groups in total. The summed E-state index contributed by atoms with van der Waals surface area (Å²) >= 11 is 1.78. The predicted molar refractivity (Wildman–Crippen MR) is 74.4 cm³/mol. The monoisotopic (exact) mass is 244 g/mol. The molecular weight excluding hydrogens is 228 g/mol. The minimum atomic E-state index is 0.390. The lowest BCUT2D eigenvalue weighted by atomic mass is 9.87. The van der Waals surface area contributed by atoms with Gasteiger partial charge in [-0.25, -0.2) is 0 Å². The number of hydrogen-bond acceptors (Lipinski definition) is 3. The van der Waals surface area contributed by atoms with E-state index in [0.29, 0.717) is 12.1 Å². The fraction of sp³-hybridized carbons (Fsp3) is 0.286. The van der Waals surface area contributed by atoms with Crippen molar-refractivity contribution in [3.63, 3.8) is 0 Å². The summed E-state index contributed by atoms with van der Waals surface area (Å²) in [5, 5.41) is 5.71. The van der Waals surface area contributed by atoms with Crippen molar-refractivity contribution >= 4 is 17.0 Å². The second kappa shape index (κ2) is 4.51. The number of hydrogen-bond donors (Lipinski definition) is 2. The van der Waals surface area contributed by atoms with Crippen molar-refractivity contribution in [3.8, 4) is 10.4 Å². The van der Waals surface area contributed by atoms with Crippen LogP contribution in [0.15, 0.2) is 41.8 Å². The Morgan fingerprint density at radius 1 is 1.12 bits per heavy atom. The molecule has 1 aromatic heterocycles. The first-order chi connectivity index (χ1) is 8.33. The molecule has 0 unspecified atom stereocenters. The van der Waals surface area contributed by atoms with E-state index in [0.717, 1.165) is 12.8 Å². The summed E-state index contributed by atoms with van der Waals surface area (Å²) in [6, 6.07) is 13.7. The van der Waals surface area contributed by atoms with Gasteiger partial charge in [0.25, 0.3) is 0 Å². The molecule has 1 heterocycles. The van der Waals surface area contributed by atoms with E-state index < -0.39 is 0 Å². The summed E-state index contributed by atoms with van der Waals surface area (Å²) in [5.74, 6) is 0. The number of para-hydroxylation sites is 1. The van der Waals surface area contributed by atoms with Gasteiger partial charge in [0.2, 0.25) is 0 Å². The number of nitrogens with one attached hydrogen (secondary N) is 1. The van der Waals surface area contributed by atoms with Crippen molar-refractivity contribution in [2.24, 2.45) is 5.73 Å². The SMILES string of the molecule is NC1CC(Nc2ccccc2-c2cccs2)C1. The van der Waals surface area contributed by atoms with Gasteiger partial charge in [0.05, 0.1) is 0 Å². The fourth-order valence-corrected chi connectivity index (χ4v) is 3.02. The summed E-state index contributed by atoms with van der Waals surface area (Å²) in [6.45, 7) is 0. The number of rotatable bonds is 3. The zero-order valence-electron chi connectivity index (χ0n) is 9.60. The standard InChI is InChI=1S/C14H16N2S/c15-10-8-11(9-10)16-13-5-2-1-4-12(13)14-6-3-7-17-14/h1-7,10-11,16H,8-9,15H2. The van der Waals surface area contributed by atoms with Gasteiger partial charge in [0, 0.05) is 28.2 Å².